The summed E-state index contributed by atoms with van der Waals surface area (Å²) in [6, 6.07) is 11.4. The van der Waals surface area contributed by atoms with E-state index in [0.717, 1.165) is 23.3 Å². The lowest BCUT2D eigenvalue weighted by molar-refractivity contribution is 0.146. The van der Waals surface area contributed by atoms with Crippen LogP contribution in [0, 0.1) is 11.6 Å². The van der Waals surface area contributed by atoms with Crippen molar-refractivity contribution in [3.05, 3.63) is 59.7 Å². The van der Waals surface area contributed by atoms with E-state index in [1.165, 1.54) is 12.1 Å². The first-order valence-electron chi connectivity index (χ1n) is 9.97. The van der Waals surface area contributed by atoms with Crippen molar-refractivity contribution < 1.29 is 18.3 Å². The lowest BCUT2D eigenvalue weighted by Crippen LogP contribution is -2.52. The molecule has 2 aromatic carbocycles. The fraction of sp³-hybridized carbons (Fsp3) is 0.409. The van der Waals surface area contributed by atoms with Crippen LogP contribution in [0.15, 0.2) is 47.5 Å². The van der Waals surface area contributed by atoms with Crippen LogP contribution in [-0.2, 0) is 11.3 Å². The van der Waals surface area contributed by atoms with Gasteiger partial charge >= 0.3 is 0 Å². The molecule has 0 unspecified atom stereocenters. The smallest absolute Gasteiger partial charge is 0.194 e. The topological polar surface area (TPSA) is 49.3 Å². The van der Waals surface area contributed by atoms with Gasteiger partial charge < -0.3 is 24.6 Å². The molecule has 0 atom stereocenters. The highest BCUT2D eigenvalue weighted by Crippen LogP contribution is 2.22. The first kappa shape index (κ1) is 21.8. The van der Waals surface area contributed by atoms with E-state index in [0.29, 0.717) is 51.6 Å². The van der Waals surface area contributed by atoms with Crippen LogP contribution in [0.4, 0.5) is 14.5 Å². The van der Waals surface area contributed by atoms with Crippen molar-refractivity contribution in [2.75, 3.05) is 58.5 Å². The Bertz CT molecular complexity index is 855. The molecule has 2 aromatic rings. The highest BCUT2D eigenvalue weighted by atomic mass is 19.1. The molecule has 3 rings (SSSR count). The molecular weight excluding hydrogens is 390 g/mol. The Balaban J connectivity index is 1.53. The molecule has 6 nitrogen and oxygen atoms in total. The van der Waals surface area contributed by atoms with Crippen LogP contribution in [-0.4, -0.2) is 64.4 Å². The number of rotatable bonds is 7. The first-order chi connectivity index (χ1) is 14.6. The van der Waals surface area contributed by atoms with Crippen molar-refractivity contribution in [1.29, 1.82) is 0 Å². The summed E-state index contributed by atoms with van der Waals surface area (Å²) in [5.41, 5.74) is 1.38. The van der Waals surface area contributed by atoms with E-state index < -0.39 is 11.6 Å². The zero-order chi connectivity index (χ0) is 21.3. The third-order valence-corrected chi connectivity index (χ3v) is 4.95. The molecule has 1 heterocycles. The minimum absolute atomic E-state index is 0.308. The Morgan fingerprint density at radius 3 is 2.60 bits per heavy atom. The number of nitrogens with one attached hydrogen (secondary N) is 1. The number of halogens is 2. The fourth-order valence-electron chi connectivity index (χ4n) is 3.39. The van der Waals surface area contributed by atoms with Crippen LogP contribution in [0.3, 0.4) is 0 Å². The Labute approximate surface area is 176 Å². The lowest BCUT2D eigenvalue weighted by atomic mass is 10.2. The number of guanidine groups is 1. The maximum Gasteiger partial charge on any atom is 0.194 e. The average Bonchev–Trinajstić information content (AvgIpc) is 2.77. The second kappa shape index (κ2) is 10.8. The summed E-state index contributed by atoms with van der Waals surface area (Å²) in [5.74, 6) is 0.742. The Morgan fingerprint density at radius 1 is 1.07 bits per heavy atom. The summed E-state index contributed by atoms with van der Waals surface area (Å²) in [6.07, 6.45) is 0. The molecule has 1 aliphatic rings. The molecule has 0 radical (unpaired) electrons. The standard InChI is InChI=1S/C22H28F2N4O2/c1-25-22(26-16-17-4-3-5-19(14-17)30-13-12-29-2)28-10-8-27(9-11-28)21-15-18(23)6-7-20(21)24/h3-7,14-15H,8-13,16H2,1-2H3,(H,25,26). The van der Waals surface area contributed by atoms with Crippen molar-refractivity contribution >= 4 is 11.6 Å². The molecule has 0 bridgehead atoms. The van der Waals surface area contributed by atoms with Crippen molar-refractivity contribution in [2.24, 2.45) is 4.99 Å². The number of nitrogens with zero attached hydrogens (tertiary/aromatic N) is 3. The maximum atomic E-state index is 14.0. The zero-order valence-electron chi connectivity index (χ0n) is 17.4. The number of methoxy groups -OCH3 is 1. The maximum absolute atomic E-state index is 14.0. The van der Waals surface area contributed by atoms with Gasteiger partial charge in [-0.3, -0.25) is 4.99 Å². The Morgan fingerprint density at radius 2 is 1.87 bits per heavy atom. The van der Waals surface area contributed by atoms with Gasteiger partial charge in [-0.05, 0) is 29.8 Å². The predicted octanol–water partition coefficient (Wildman–Crippen LogP) is 2.89. The molecule has 0 aromatic heterocycles. The van der Waals surface area contributed by atoms with Gasteiger partial charge in [0.2, 0.25) is 0 Å². The van der Waals surface area contributed by atoms with Crippen LogP contribution < -0.4 is 15.0 Å². The van der Waals surface area contributed by atoms with Gasteiger partial charge in [0.25, 0.3) is 0 Å². The number of benzene rings is 2. The second-order valence-corrected chi connectivity index (χ2v) is 6.96. The van der Waals surface area contributed by atoms with E-state index in [4.69, 9.17) is 9.47 Å². The van der Waals surface area contributed by atoms with Gasteiger partial charge in [-0.25, -0.2) is 8.78 Å². The van der Waals surface area contributed by atoms with Gasteiger partial charge in [0.05, 0.1) is 12.3 Å². The number of piperazine rings is 1. The SMILES string of the molecule is CN=C(NCc1cccc(OCCOC)c1)N1CCN(c2cc(F)ccc2F)CC1. The van der Waals surface area contributed by atoms with E-state index >= 15 is 0 Å². The zero-order valence-corrected chi connectivity index (χ0v) is 17.4. The molecule has 0 aliphatic carbocycles. The van der Waals surface area contributed by atoms with Gasteiger partial charge in [-0.1, -0.05) is 12.1 Å². The molecule has 0 saturated carbocycles. The van der Waals surface area contributed by atoms with E-state index in [1.54, 1.807) is 14.2 Å². The number of hydrogen-bond acceptors (Lipinski definition) is 4. The molecule has 0 amide bonds. The van der Waals surface area contributed by atoms with E-state index in [9.17, 15) is 8.78 Å². The molecule has 162 valence electrons. The molecule has 1 aliphatic heterocycles. The van der Waals surface area contributed by atoms with Crippen LogP contribution >= 0.6 is 0 Å². The van der Waals surface area contributed by atoms with Gasteiger partial charge in [-0.2, -0.15) is 0 Å². The van der Waals surface area contributed by atoms with Crippen LogP contribution in [0.1, 0.15) is 5.56 Å². The third-order valence-electron chi connectivity index (χ3n) is 4.95. The first-order valence-corrected chi connectivity index (χ1v) is 9.97. The van der Waals surface area contributed by atoms with Crippen LogP contribution in [0.2, 0.25) is 0 Å². The number of aliphatic imine (C=N–C) groups is 1. The van der Waals surface area contributed by atoms with Gasteiger partial charge in [0.15, 0.2) is 5.96 Å². The summed E-state index contributed by atoms with van der Waals surface area (Å²) >= 11 is 0. The molecule has 1 N–H and O–H groups in total. The van der Waals surface area contributed by atoms with E-state index in [2.05, 4.69) is 15.2 Å². The Hall–Kier alpha value is -2.87. The van der Waals surface area contributed by atoms with Crippen molar-refractivity contribution in [2.45, 2.75) is 6.54 Å². The number of hydrogen-bond donors (Lipinski definition) is 1. The minimum Gasteiger partial charge on any atom is -0.491 e. The number of ether oxygens (including phenoxy) is 2. The highest BCUT2D eigenvalue weighted by Gasteiger charge is 2.22. The quantitative estimate of drug-likeness (QED) is 0.426. The number of anilines is 1. The summed E-state index contributed by atoms with van der Waals surface area (Å²) < 4.78 is 38.2. The van der Waals surface area contributed by atoms with Gasteiger partial charge in [-0.15, -0.1) is 0 Å². The van der Waals surface area contributed by atoms with Gasteiger partial charge in [0.1, 0.15) is 24.0 Å². The largest absolute Gasteiger partial charge is 0.491 e. The van der Waals surface area contributed by atoms with Crippen molar-refractivity contribution in [3.8, 4) is 5.75 Å². The molecule has 8 heteroatoms. The summed E-state index contributed by atoms with van der Waals surface area (Å²) in [7, 11) is 3.38. The average molecular weight is 418 g/mol. The third kappa shape index (κ3) is 5.82. The van der Waals surface area contributed by atoms with E-state index in [1.807, 2.05) is 29.2 Å². The normalized spacial score (nSPS) is 14.7. The molecule has 30 heavy (non-hydrogen) atoms. The van der Waals surface area contributed by atoms with Crippen molar-refractivity contribution in [1.82, 2.24) is 10.2 Å². The fourth-order valence-corrected chi connectivity index (χ4v) is 3.39. The lowest BCUT2D eigenvalue weighted by Gasteiger charge is -2.37. The summed E-state index contributed by atoms with van der Waals surface area (Å²) in [6.45, 7) is 4.15. The van der Waals surface area contributed by atoms with E-state index in [-0.39, 0.29) is 0 Å². The molecular formula is C22H28F2N4O2. The van der Waals surface area contributed by atoms with Crippen molar-refractivity contribution in [3.63, 3.8) is 0 Å². The highest BCUT2D eigenvalue weighted by molar-refractivity contribution is 5.80. The van der Waals surface area contributed by atoms with Crippen LogP contribution in [0.25, 0.3) is 0 Å². The monoisotopic (exact) mass is 418 g/mol. The summed E-state index contributed by atoms with van der Waals surface area (Å²) in [4.78, 5) is 8.35. The molecule has 1 saturated heterocycles. The molecule has 1 fully saturated rings. The van der Waals surface area contributed by atoms with Gasteiger partial charge in [0, 0.05) is 52.9 Å². The predicted molar refractivity (Wildman–Crippen MR) is 114 cm³/mol. The molecule has 0 spiro atoms. The Kier molecular flexibility index (Phi) is 7.84. The van der Waals surface area contributed by atoms with Crippen LogP contribution in [0.5, 0.6) is 5.75 Å². The second-order valence-electron chi connectivity index (χ2n) is 6.96. The minimum atomic E-state index is -0.431. The summed E-state index contributed by atoms with van der Waals surface area (Å²) in [5, 5.41) is 3.37.